The fourth-order valence-electron chi connectivity index (χ4n) is 2.82. The van der Waals surface area contributed by atoms with E-state index in [9.17, 15) is 0 Å². The molecule has 0 saturated carbocycles. The van der Waals surface area contributed by atoms with E-state index in [1.807, 2.05) is 59.5 Å². The normalized spacial score (nSPS) is 10.9. The summed E-state index contributed by atoms with van der Waals surface area (Å²) in [6, 6.07) is 15.6. The number of rotatable bonds is 7. The lowest BCUT2D eigenvalue weighted by atomic mass is 10.1. The van der Waals surface area contributed by atoms with E-state index < -0.39 is 0 Å². The van der Waals surface area contributed by atoms with Crippen molar-refractivity contribution in [2.45, 2.75) is 13.0 Å². The van der Waals surface area contributed by atoms with E-state index in [0.717, 1.165) is 41.5 Å². The van der Waals surface area contributed by atoms with Gasteiger partial charge in [0.15, 0.2) is 5.96 Å². The van der Waals surface area contributed by atoms with Gasteiger partial charge < -0.3 is 15.4 Å². The lowest BCUT2D eigenvalue weighted by Crippen LogP contribution is -2.37. The second-order valence-electron chi connectivity index (χ2n) is 6.18. The fraction of sp³-hybridized carbons (Fsp3) is 0.238. The number of aliphatic imine (C=N–C) groups is 1. The summed E-state index contributed by atoms with van der Waals surface area (Å²) in [5, 5.41) is 11.7. The van der Waals surface area contributed by atoms with Gasteiger partial charge in [0.1, 0.15) is 5.75 Å². The Hall–Kier alpha value is -2.26. The minimum absolute atomic E-state index is 0. The number of halogens is 2. The van der Waals surface area contributed by atoms with Crippen molar-refractivity contribution in [3.8, 4) is 11.4 Å². The minimum atomic E-state index is 0. The molecule has 0 spiro atoms. The number of aromatic nitrogens is 2. The number of nitrogens with zero attached hydrogens (tertiary/aromatic N) is 3. The van der Waals surface area contributed by atoms with Crippen LogP contribution in [0.1, 0.15) is 11.1 Å². The molecule has 154 valence electrons. The van der Waals surface area contributed by atoms with Crippen molar-refractivity contribution in [2.75, 3.05) is 20.7 Å². The van der Waals surface area contributed by atoms with E-state index in [2.05, 4.69) is 26.8 Å². The van der Waals surface area contributed by atoms with Gasteiger partial charge in [-0.3, -0.25) is 4.99 Å². The molecule has 0 unspecified atom stereocenters. The molecule has 1 heterocycles. The summed E-state index contributed by atoms with van der Waals surface area (Å²) in [7, 11) is 3.45. The molecular weight excluding hydrogens is 501 g/mol. The molecule has 8 heteroatoms. The zero-order chi connectivity index (χ0) is 19.8. The third-order valence-corrected chi connectivity index (χ3v) is 4.54. The molecule has 0 saturated heterocycles. The third-order valence-electron chi connectivity index (χ3n) is 4.29. The Labute approximate surface area is 193 Å². The maximum absolute atomic E-state index is 5.94. The van der Waals surface area contributed by atoms with E-state index in [1.54, 1.807) is 14.2 Å². The van der Waals surface area contributed by atoms with E-state index in [1.165, 1.54) is 0 Å². The molecule has 3 aromatic rings. The van der Waals surface area contributed by atoms with Gasteiger partial charge in [0.05, 0.1) is 19.0 Å². The largest absolute Gasteiger partial charge is 0.496 e. The summed E-state index contributed by atoms with van der Waals surface area (Å²) in [6.07, 6.45) is 4.67. The first-order valence-electron chi connectivity index (χ1n) is 9.05. The van der Waals surface area contributed by atoms with Crippen LogP contribution in [0.25, 0.3) is 5.69 Å². The van der Waals surface area contributed by atoms with Crippen molar-refractivity contribution in [2.24, 2.45) is 4.99 Å². The summed E-state index contributed by atoms with van der Waals surface area (Å²) in [5.74, 6) is 1.65. The van der Waals surface area contributed by atoms with Gasteiger partial charge in [-0.05, 0) is 42.3 Å². The van der Waals surface area contributed by atoms with E-state index in [-0.39, 0.29) is 24.0 Å². The van der Waals surface area contributed by atoms with Crippen LogP contribution in [-0.4, -0.2) is 36.4 Å². The maximum atomic E-state index is 5.94. The summed E-state index contributed by atoms with van der Waals surface area (Å²) >= 11 is 5.94. The van der Waals surface area contributed by atoms with Crippen LogP contribution in [0.4, 0.5) is 0 Å². The Kier molecular flexibility index (Phi) is 9.27. The fourth-order valence-corrected chi connectivity index (χ4v) is 2.94. The van der Waals surface area contributed by atoms with Crippen LogP contribution >= 0.6 is 35.6 Å². The molecule has 0 aliphatic heterocycles. The Balaban J connectivity index is 0.00000300. The van der Waals surface area contributed by atoms with Crippen molar-refractivity contribution in [3.63, 3.8) is 0 Å². The quantitative estimate of drug-likeness (QED) is 0.277. The lowest BCUT2D eigenvalue weighted by molar-refractivity contribution is 0.409. The van der Waals surface area contributed by atoms with Gasteiger partial charge in [-0.1, -0.05) is 29.8 Å². The summed E-state index contributed by atoms with van der Waals surface area (Å²) in [4.78, 5) is 4.27. The maximum Gasteiger partial charge on any atom is 0.191 e. The molecule has 29 heavy (non-hydrogen) atoms. The van der Waals surface area contributed by atoms with Gasteiger partial charge in [-0.15, -0.1) is 24.0 Å². The zero-order valence-corrected chi connectivity index (χ0v) is 19.5. The molecule has 0 amide bonds. The first-order valence-corrected chi connectivity index (χ1v) is 9.43. The molecule has 0 aliphatic carbocycles. The predicted octanol–water partition coefficient (Wildman–Crippen LogP) is 4.06. The van der Waals surface area contributed by atoms with Crippen molar-refractivity contribution in [1.82, 2.24) is 20.4 Å². The highest BCUT2D eigenvalue weighted by Gasteiger charge is 2.05. The van der Waals surface area contributed by atoms with Crippen molar-refractivity contribution in [1.29, 1.82) is 0 Å². The molecule has 2 aromatic carbocycles. The number of ether oxygens (including phenoxy) is 1. The molecule has 1 aromatic heterocycles. The van der Waals surface area contributed by atoms with Crippen LogP contribution in [0.5, 0.6) is 5.75 Å². The van der Waals surface area contributed by atoms with Gasteiger partial charge in [0.2, 0.25) is 0 Å². The average Bonchev–Trinajstić information content (AvgIpc) is 3.20. The van der Waals surface area contributed by atoms with Crippen molar-refractivity contribution >= 4 is 41.5 Å². The van der Waals surface area contributed by atoms with Gasteiger partial charge in [-0.2, -0.15) is 5.10 Å². The van der Waals surface area contributed by atoms with Gasteiger partial charge in [-0.25, -0.2) is 4.68 Å². The number of hydrogen-bond acceptors (Lipinski definition) is 3. The number of nitrogens with one attached hydrogen (secondary N) is 2. The number of methoxy groups -OCH3 is 1. The molecule has 2 N–H and O–H groups in total. The highest BCUT2D eigenvalue weighted by Crippen LogP contribution is 2.17. The number of benzene rings is 2. The molecule has 0 radical (unpaired) electrons. The third kappa shape index (κ3) is 6.64. The zero-order valence-electron chi connectivity index (χ0n) is 16.4. The van der Waals surface area contributed by atoms with Crippen molar-refractivity contribution < 1.29 is 4.74 Å². The molecule has 0 bridgehead atoms. The van der Waals surface area contributed by atoms with Crippen LogP contribution in [0, 0.1) is 0 Å². The van der Waals surface area contributed by atoms with Crippen LogP contribution in [0.3, 0.4) is 0 Å². The first kappa shape index (κ1) is 23.0. The monoisotopic (exact) mass is 525 g/mol. The molecule has 6 nitrogen and oxygen atoms in total. The minimum Gasteiger partial charge on any atom is -0.496 e. The smallest absolute Gasteiger partial charge is 0.191 e. The summed E-state index contributed by atoms with van der Waals surface area (Å²) < 4.78 is 7.21. The molecule has 0 fully saturated rings. The van der Waals surface area contributed by atoms with Crippen molar-refractivity contribution in [3.05, 3.63) is 77.1 Å². The molecule has 3 rings (SSSR count). The predicted molar refractivity (Wildman–Crippen MR) is 129 cm³/mol. The first-order chi connectivity index (χ1) is 13.7. The Morgan fingerprint density at radius 1 is 1.14 bits per heavy atom. The Morgan fingerprint density at radius 2 is 1.90 bits per heavy atom. The second-order valence-corrected chi connectivity index (χ2v) is 6.62. The van der Waals surface area contributed by atoms with Gasteiger partial charge >= 0.3 is 0 Å². The van der Waals surface area contributed by atoms with Crippen LogP contribution < -0.4 is 15.4 Å². The molecule has 0 aliphatic rings. The number of guanidine groups is 1. The van der Waals surface area contributed by atoms with Gasteiger partial charge in [0.25, 0.3) is 0 Å². The van der Waals surface area contributed by atoms with E-state index in [4.69, 9.17) is 16.3 Å². The average molecular weight is 526 g/mol. The van der Waals surface area contributed by atoms with Crippen LogP contribution in [0.2, 0.25) is 5.02 Å². The standard InChI is InChI=1S/C21H24ClN5O.HI/c1-23-21(24-12-11-17-5-3-4-6-20(17)28-2)25-13-16-14-26-27(15-16)19-9-7-18(22)8-10-19;/h3-10,14-15H,11-13H2,1-2H3,(H2,23,24,25);1H. The van der Waals surface area contributed by atoms with Gasteiger partial charge in [0, 0.05) is 36.9 Å². The van der Waals surface area contributed by atoms with Crippen LogP contribution in [-0.2, 0) is 13.0 Å². The Bertz CT molecular complexity index is 927. The topological polar surface area (TPSA) is 63.5 Å². The number of hydrogen-bond donors (Lipinski definition) is 2. The summed E-state index contributed by atoms with van der Waals surface area (Å²) in [5.41, 5.74) is 3.19. The number of para-hydroxylation sites is 1. The molecule has 0 atom stereocenters. The van der Waals surface area contributed by atoms with E-state index in [0.29, 0.717) is 11.6 Å². The van der Waals surface area contributed by atoms with E-state index >= 15 is 0 Å². The lowest BCUT2D eigenvalue weighted by Gasteiger charge is -2.12. The highest BCUT2D eigenvalue weighted by molar-refractivity contribution is 14.0. The summed E-state index contributed by atoms with van der Waals surface area (Å²) in [6.45, 7) is 1.38. The Morgan fingerprint density at radius 3 is 2.62 bits per heavy atom. The SMILES string of the molecule is CN=C(NCCc1ccccc1OC)NCc1cnn(-c2ccc(Cl)cc2)c1.I. The molecular formula is C21H25ClIN5O. The van der Waals surface area contributed by atoms with Crippen LogP contribution in [0.15, 0.2) is 65.9 Å². The highest BCUT2D eigenvalue weighted by atomic mass is 127. The second kappa shape index (κ2) is 11.7.